The van der Waals surface area contributed by atoms with E-state index < -0.39 is 9.04 Å². The Kier molecular flexibility index (Phi) is 4.63. The van der Waals surface area contributed by atoms with Gasteiger partial charge in [-0.1, -0.05) is 38.1 Å². The van der Waals surface area contributed by atoms with Crippen LogP contribution in [0.2, 0.25) is 13.1 Å². The number of hydrogen-bond donors (Lipinski definition) is 0. The fraction of sp³-hybridized carbons (Fsp3) is 0.385. The van der Waals surface area contributed by atoms with Crippen molar-refractivity contribution in [3.05, 3.63) is 41.7 Å². The monoisotopic (exact) mass is 220 g/mol. The minimum Gasteiger partial charge on any atom is -0.552 e. The van der Waals surface area contributed by atoms with Gasteiger partial charge in [-0.2, -0.15) is 0 Å². The zero-order valence-corrected chi connectivity index (χ0v) is 11.2. The van der Waals surface area contributed by atoms with Crippen molar-refractivity contribution in [3.8, 4) is 0 Å². The van der Waals surface area contributed by atoms with Gasteiger partial charge in [0.2, 0.25) is 9.04 Å². The van der Waals surface area contributed by atoms with Crippen LogP contribution in [-0.2, 0) is 4.43 Å². The molecular formula is C13H20OSi. The first-order chi connectivity index (χ1) is 7.09. The molecule has 0 bridgehead atoms. The Morgan fingerprint density at radius 1 is 1.13 bits per heavy atom. The maximum absolute atomic E-state index is 5.48. The molecule has 82 valence electrons. The third kappa shape index (κ3) is 4.34. The van der Waals surface area contributed by atoms with Gasteiger partial charge < -0.3 is 4.43 Å². The Hall–Kier alpha value is -1.02. The highest BCUT2D eigenvalue weighted by Crippen LogP contribution is 2.15. The second kappa shape index (κ2) is 5.76. The van der Waals surface area contributed by atoms with Gasteiger partial charge in [0.1, 0.15) is 0 Å². The average molecular weight is 220 g/mol. The van der Waals surface area contributed by atoms with E-state index >= 15 is 0 Å². The molecule has 2 heteroatoms. The maximum atomic E-state index is 5.48. The Morgan fingerprint density at radius 3 is 2.20 bits per heavy atom. The van der Waals surface area contributed by atoms with Gasteiger partial charge in [0, 0.05) is 0 Å². The van der Waals surface area contributed by atoms with Gasteiger partial charge in [-0.15, -0.1) is 0 Å². The summed E-state index contributed by atoms with van der Waals surface area (Å²) in [5.74, 6) is 0.599. The number of rotatable bonds is 4. The smallest absolute Gasteiger partial charge is 0.228 e. The van der Waals surface area contributed by atoms with Crippen LogP contribution in [0.25, 0.3) is 6.08 Å². The Balaban J connectivity index is 2.60. The molecule has 0 saturated heterocycles. The van der Waals surface area contributed by atoms with Gasteiger partial charge >= 0.3 is 0 Å². The summed E-state index contributed by atoms with van der Waals surface area (Å²) in [6.45, 7) is 8.73. The van der Waals surface area contributed by atoms with Crippen molar-refractivity contribution in [2.75, 3.05) is 0 Å². The van der Waals surface area contributed by atoms with Gasteiger partial charge in [0.15, 0.2) is 0 Å². The molecule has 1 aromatic carbocycles. The lowest BCUT2D eigenvalue weighted by atomic mass is 10.0. The van der Waals surface area contributed by atoms with Crippen LogP contribution in [0.15, 0.2) is 30.5 Å². The summed E-state index contributed by atoms with van der Waals surface area (Å²) in [5.41, 5.74) is 2.58. The van der Waals surface area contributed by atoms with Crippen LogP contribution >= 0.6 is 0 Å². The average Bonchev–Trinajstić information content (AvgIpc) is 2.18. The lowest BCUT2D eigenvalue weighted by Crippen LogP contribution is -2.00. The molecule has 1 nitrogen and oxygen atoms in total. The summed E-state index contributed by atoms with van der Waals surface area (Å²) in [5, 5.41) is 0. The van der Waals surface area contributed by atoms with Crippen LogP contribution in [-0.4, -0.2) is 9.04 Å². The summed E-state index contributed by atoms with van der Waals surface area (Å²) in [6, 6.07) is 8.63. The van der Waals surface area contributed by atoms with Crippen molar-refractivity contribution >= 4 is 15.1 Å². The molecule has 0 fully saturated rings. The molecule has 15 heavy (non-hydrogen) atoms. The summed E-state index contributed by atoms with van der Waals surface area (Å²) < 4.78 is 5.48. The standard InChI is InChI=1S/C13H20OSi/c1-11(2)13-7-5-12(6-8-13)9-10-14-15(3)4/h5-11,15H,1-4H3. The van der Waals surface area contributed by atoms with Crippen LogP contribution in [0.1, 0.15) is 30.9 Å². The van der Waals surface area contributed by atoms with Crippen LogP contribution in [0.3, 0.4) is 0 Å². The van der Waals surface area contributed by atoms with E-state index in [4.69, 9.17) is 4.43 Å². The predicted octanol–water partition coefficient (Wildman–Crippen LogP) is 3.78. The molecule has 0 spiro atoms. The highest BCUT2D eigenvalue weighted by Gasteiger charge is 1.97. The molecule has 0 unspecified atom stereocenters. The van der Waals surface area contributed by atoms with E-state index in [0.717, 1.165) is 0 Å². The largest absolute Gasteiger partial charge is 0.552 e. The normalized spacial score (nSPS) is 11.6. The Bertz CT molecular complexity index is 312. The van der Waals surface area contributed by atoms with Gasteiger partial charge in [0.25, 0.3) is 0 Å². The molecule has 0 amide bonds. The third-order valence-electron chi connectivity index (χ3n) is 2.21. The van der Waals surface area contributed by atoms with Crippen molar-refractivity contribution in [2.24, 2.45) is 0 Å². The fourth-order valence-electron chi connectivity index (χ4n) is 1.27. The molecule has 0 aliphatic rings. The molecule has 0 aromatic heterocycles. The van der Waals surface area contributed by atoms with E-state index in [9.17, 15) is 0 Å². The van der Waals surface area contributed by atoms with Gasteiger partial charge in [-0.3, -0.25) is 0 Å². The van der Waals surface area contributed by atoms with E-state index in [1.54, 1.807) is 0 Å². The first-order valence-corrected chi connectivity index (χ1v) is 8.29. The summed E-state index contributed by atoms with van der Waals surface area (Å²) in [6.07, 6.45) is 3.85. The van der Waals surface area contributed by atoms with E-state index in [1.807, 2.05) is 12.3 Å². The minimum absolute atomic E-state index is 0.599. The zero-order valence-electron chi connectivity index (χ0n) is 10.0. The van der Waals surface area contributed by atoms with Crippen molar-refractivity contribution in [2.45, 2.75) is 32.9 Å². The zero-order chi connectivity index (χ0) is 11.3. The van der Waals surface area contributed by atoms with Crippen LogP contribution in [0, 0.1) is 0 Å². The van der Waals surface area contributed by atoms with Crippen molar-refractivity contribution in [1.29, 1.82) is 0 Å². The van der Waals surface area contributed by atoms with E-state index in [2.05, 4.69) is 51.2 Å². The topological polar surface area (TPSA) is 9.23 Å². The summed E-state index contributed by atoms with van der Waals surface area (Å²) in [7, 11) is -0.925. The van der Waals surface area contributed by atoms with Crippen molar-refractivity contribution in [1.82, 2.24) is 0 Å². The van der Waals surface area contributed by atoms with E-state index in [-0.39, 0.29) is 0 Å². The predicted molar refractivity (Wildman–Crippen MR) is 69.5 cm³/mol. The molecule has 1 rings (SSSR count). The van der Waals surface area contributed by atoms with Gasteiger partial charge in [-0.05, 0) is 36.2 Å². The minimum atomic E-state index is -0.925. The lowest BCUT2D eigenvalue weighted by Gasteiger charge is -2.05. The fourth-order valence-corrected chi connectivity index (χ4v) is 1.66. The van der Waals surface area contributed by atoms with E-state index in [1.165, 1.54) is 11.1 Å². The Morgan fingerprint density at radius 2 is 1.73 bits per heavy atom. The third-order valence-corrected chi connectivity index (χ3v) is 2.92. The molecule has 0 aliphatic carbocycles. The van der Waals surface area contributed by atoms with E-state index in [0.29, 0.717) is 5.92 Å². The molecule has 0 atom stereocenters. The number of hydrogen-bond acceptors (Lipinski definition) is 1. The molecular weight excluding hydrogens is 200 g/mol. The second-order valence-electron chi connectivity index (χ2n) is 4.31. The van der Waals surface area contributed by atoms with Crippen molar-refractivity contribution in [3.63, 3.8) is 0 Å². The highest BCUT2D eigenvalue weighted by atomic mass is 28.3. The van der Waals surface area contributed by atoms with Crippen molar-refractivity contribution < 1.29 is 4.43 Å². The molecule has 0 heterocycles. The van der Waals surface area contributed by atoms with Crippen LogP contribution in [0.5, 0.6) is 0 Å². The van der Waals surface area contributed by atoms with Crippen LogP contribution < -0.4 is 0 Å². The molecule has 1 aromatic rings. The highest BCUT2D eigenvalue weighted by molar-refractivity contribution is 6.48. The quantitative estimate of drug-likeness (QED) is 0.554. The molecule has 0 saturated carbocycles. The second-order valence-corrected chi connectivity index (χ2v) is 6.68. The molecule has 0 aliphatic heterocycles. The maximum Gasteiger partial charge on any atom is 0.228 e. The summed E-state index contributed by atoms with van der Waals surface area (Å²) in [4.78, 5) is 0. The van der Waals surface area contributed by atoms with Gasteiger partial charge in [-0.25, -0.2) is 0 Å². The van der Waals surface area contributed by atoms with Crippen LogP contribution in [0.4, 0.5) is 0 Å². The first-order valence-electron chi connectivity index (χ1n) is 5.51. The number of benzene rings is 1. The Labute approximate surface area is 94.5 Å². The first kappa shape index (κ1) is 12.0. The molecule has 0 N–H and O–H groups in total. The molecule has 0 radical (unpaired) electrons. The SMILES string of the molecule is CC(C)c1ccc(C=CO[SiH](C)C)cc1. The summed E-state index contributed by atoms with van der Waals surface area (Å²) >= 11 is 0. The van der Waals surface area contributed by atoms with Gasteiger partial charge in [0.05, 0.1) is 6.26 Å². The lowest BCUT2D eigenvalue weighted by molar-refractivity contribution is 0.505.